The van der Waals surface area contributed by atoms with Gasteiger partial charge >= 0.3 is 5.97 Å². The maximum atomic E-state index is 10.7. The zero-order valence-electron chi connectivity index (χ0n) is 9.20. The van der Waals surface area contributed by atoms with E-state index in [-0.39, 0.29) is 15.6 Å². The molecule has 6 nitrogen and oxygen atoms in total. The Morgan fingerprint density at radius 3 is 2.63 bits per heavy atom. The van der Waals surface area contributed by atoms with Gasteiger partial charge in [0.25, 0.3) is 5.69 Å². The molecule has 0 amide bonds. The molecular weight excluding hydrogens is 294 g/mol. The highest BCUT2D eigenvalue weighted by Crippen LogP contribution is 2.32. The lowest BCUT2D eigenvalue weighted by molar-refractivity contribution is -0.384. The number of rotatable bonds is 4. The van der Waals surface area contributed by atoms with Crippen molar-refractivity contribution in [1.29, 1.82) is 0 Å². The summed E-state index contributed by atoms with van der Waals surface area (Å²) in [7, 11) is 0. The van der Waals surface area contributed by atoms with E-state index in [1.807, 2.05) is 0 Å². The highest BCUT2D eigenvalue weighted by molar-refractivity contribution is 7.12. The number of carbonyl (C=O) groups is 1. The van der Waals surface area contributed by atoms with Crippen LogP contribution in [0.4, 0.5) is 5.69 Å². The average molecular weight is 300 g/mol. The van der Waals surface area contributed by atoms with Crippen LogP contribution in [0.25, 0.3) is 0 Å². The molecular formula is C11H6ClNO5S. The third-order valence-corrected chi connectivity index (χ3v) is 3.34. The fourth-order valence-electron chi connectivity index (χ4n) is 1.32. The van der Waals surface area contributed by atoms with Crippen LogP contribution in [0.5, 0.6) is 11.5 Å². The summed E-state index contributed by atoms with van der Waals surface area (Å²) in [6.45, 7) is 0. The molecule has 0 aliphatic carbocycles. The second-order valence-electron chi connectivity index (χ2n) is 3.42. The third-order valence-electron chi connectivity index (χ3n) is 2.14. The number of nitro groups is 1. The Hall–Kier alpha value is -2.12. The van der Waals surface area contributed by atoms with E-state index >= 15 is 0 Å². The fourth-order valence-corrected chi connectivity index (χ4v) is 2.20. The summed E-state index contributed by atoms with van der Waals surface area (Å²) in [5.74, 6) is -0.403. The molecule has 0 unspecified atom stereocenters. The molecule has 1 aromatic carbocycles. The number of hydrogen-bond donors (Lipinski definition) is 1. The van der Waals surface area contributed by atoms with Gasteiger partial charge in [-0.05, 0) is 6.07 Å². The number of carboxylic acids is 1. The molecule has 19 heavy (non-hydrogen) atoms. The van der Waals surface area contributed by atoms with Gasteiger partial charge in [0, 0.05) is 23.6 Å². The van der Waals surface area contributed by atoms with E-state index in [0.717, 1.165) is 11.3 Å². The first-order valence-corrected chi connectivity index (χ1v) is 6.17. The minimum absolute atomic E-state index is 0.0452. The first-order chi connectivity index (χ1) is 8.97. The van der Waals surface area contributed by atoms with Crippen LogP contribution in [0.2, 0.25) is 5.02 Å². The van der Waals surface area contributed by atoms with Crippen molar-refractivity contribution in [3.8, 4) is 11.5 Å². The standard InChI is InChI=1S/C11H6ClNO5S/c12-8-3-6(1-2-9(8)13(16)17)18-7-4-10(11(14)15)19-5-7/h1-5H,(H,14,15). The van der Waals surface area contributed by atoms with Crippen molar-refractivity contribution in [1.82, 2.24) is 0 Å². The van der Waals surface area contributed by atoms with E-state index in [1.165, 1.54) is 29.6 Å². The van der Waals surface area contributed by atoms with Gasteiger partial charge in [-0.25, -0.2) is 4.79 Å². The molecule has 0 aliphatic heterocycles. The largest absolute Gasteiger partial charge is 0.477 e. The van der Waals surface area contributed by atoms with Crippen LogP contribution in [0.3, 0.4) is 0 Å². The number of benzene rings is 1. The predicted molar refractivity (Wildman–Crippen MR) is 69.5 cm³/mol. The monoisotopic (exact) mass is 299 g/mol. The Labute approximate surface area is 116 Å². The second-order valence-corrected chi connectivity index (χ2v) is 4.74. The SMILES string of the molecule is O=C(O)c1cc(Oc2ccc([N+](=O)[O-])c(Cl)c2)cs1. The van der Waals surface area contributed by atoms with Crippen molar-refractivity contribution in [2.24, 2.45) is 0 Å². The van der Waals surface area contributed by atoms with Crippen molar-refractivity contribution >= 4 is 34.6 Å². The molecule has 2 rings (SSSR count). The van der Waals surface area contributed by atoms with E-state index in [1.54, 1.807) is 0 Å². The quantitative estimate of drug-likeness (QED) is 0.685. The number of ether oxygens (including phenoxy) is 1. The summed E-state index contributed by atoms with van der Waals surface area (Å²) < 4.78 is 5.36. The second kappa shape index (κ2) is 5.25. The number of aromatic carboxylic acids is 1. The molecule has 1 heterocycles. The van der Waals surface area contributed by atoms with Crippen LogP contribution in [0.15, 0.2) is 29.6 Å². The molecule has 0 bridgehead atoms. The number of nitro benzene ring substituents is 1. The van der Waals surface area contributed by atoms with Crippen LogP contribution in [-0.4, -0.2) is 16.0 Å². The fraction of sp³-hybridized carbons (Fsp3) is 0. The maximum absolute atomic E-state index is 10.7. The maximum Gasteiger partial charge on any atom is 0.346 e. The number of hydrogen-bond acceptors (Lipinski definition) is 5. The topological polar surface area (TPSA) is 89.7 Å². The molecule has 2 aromatic rings. The lowest BCUT2D eigenvalue weighted by Gasteiger charge is -2.03. The third kappa shape index (κ3) is 3.01. The van der Waals surface area contributed by atoms with Crippen LogP contribution < -0.4 is 4.74 Å². The average Bonchev–Trinajstić information content (AvgIpc) is 2.77. The Morgan fingerprint density at radius 2 is 2.11 bits per heavy atom. The molecule has 0 saturated carbocycles. The Kier molecular flexibility index (Phi) is 3.68. The van der Waals surface area contributed by atoms with Crippen molar-refractivity contribution in [2.45, 2.75) is 0 Å². The van der Waals surface area contributed by atoms with Crippen LogP contribution >= 0.6 is 22.9 Å². The van der Waals surface area contributed by atoms with Crippen LogP contribution in [0, 0.1) is 10.1 Å². The highest BCUT2D eigenvalue weighted by Gasteiger charge is 2.14. The minimum atomic E-state index is -1.04. The minimum Gasteiger partial charge on any atom is -0.477 e. The van der Waals surface area contributed by atoms with E-state index in [9.17, 15) is 14.9 Å². The van der Waals surface area contributed by atoms with Crippen LogP contribution in [-0.2, 0) is 0 Å². The summed E-state index contributed by atoms with van der Waals surface area (Å²) in [5, 5.41) is 20.8. The first-order valence-electron chi connectivity index (χ1n) is 4.91. The zero-order chi connectivity index (χ0) is 14.0. The van der Waals surface area contributed by atoms with Gasteiger partial charge in [0.05, 0.1) is 4.92 Å². The van der Waals surface area contributed by atoms with Gasteiger partial charge in [0.1, 0.15) is 21.4 Å². The summed E-state index contributed by atoms with van der Waals surface area (Å²) in [6.07, 6.45) is 0. The Balaban J connectivity index is 2.21. The molecule has 8 heteroatoms. The number of nitrogens with zero attached hydrogens (tertiary/aromatic N) is 1. The summed E-state index contributed by atoms with van der Waals surface area (Å²) in [6, 6.07) is 5.28. The van der Waals surface area contributed by atoms with Gasteiger partial charge in [-0.3, -0.25) is 10.1 Å². The molecule has 0 aliphatic rings. The zero-order valence-corrected chi connectivity index (χ0v) is 10.8. The van der Waals surface area contributed by atoms with Crippen LogP contribution in [0.1, 0.15) is 9.67 Å². The van der Waals surface area contributed by atoms with E-state index in [2.05, 4.69) is 0 Å². The van der Waals surface area contributed by atoms with E-state index in [4.69, 9.17) is 21.4 Å². The molecule has 0 atom stereocenters. The van der Waals surface area contributed by atoms with Crippen molar-refractivity contribution in [3.05, 3.63) is 49.7 Å². The summed E-state index contributed by atoms with van der Waals surface area (Å²) >= 11 is 6.76. The molecule has 98 valence electrons. The van der Waals surface area contributed by atoms with Gasteiger partial charge in [0.15, 0.2) is 0 Å². The highest BCUT2D eigenvalue weighted by atomic mass is 35.5. The number of halogens is 1. The van der Waals surface area contributed by atoms with Gasteiger partial charge in [-0.1, -0.05) is 11.6 Å². The number of thiophene rings is 1. The van der Waals surface area contributed by atoms with Crippen molar-refractivity contribution in [2.75, 3.05) is 0 Å². The van der Waals surface area contributed by atoms with Gasteiger partial charge in [0.2, 0.25) is 0 Å². The normalized spacial score (nSPS) is 10.2. The first kappa shape index (κ1) is 13.3. The predicted octanol–water partition coefficient (Wildman–Crippen LogP) is 3.80. The Bertz CT molecular complexity index is 654. The van der Waals surface area contributed by atoms with E-state index in [0.29, 0.717) is 11.5 Å². The lowest BCUT2D eigenvalue weighted by atomic mass is 10.3. The smallest absolute Gasteiger partial charge is 0.346 e. The molecule has 0 saturated heterocycles. The van der Waals surface area contributed by atoms with E-state index < -0.39 is 10.9 Å². The van der Waals surface area contributed by atoms with Crippen molar-refractivity contribution in [3.63, 3.8) is 0 Å². The molecule has 1 aromatic heterocycles. The van der Waals surface area contributed by atoms with Gasteiger partial charge in [-0.2, -0.15) is 0 Å². The molecule has 1 N–H and O–H groups in total. The van der Waals surface area contributed by atoms with Gasteiger partial charge < -0.3 is 9.84 Å². The molecule has 0 spiro atoms. The summed E-state index contributed by atoms with van der Waals surface area (Å²) in [4.78, 5) is 20.8. The van der Waals surface area contributed by atoms with Gasteiger partial charge in [-0.15, -0.1) is 11.3 Å². The molecule has 0 radical (unpaired) electrons. The summed E-state index contributed by atoms with van der Waals surface area (Å²) in [5.41, 5.74) is -0.217. The molecule has 0 fully saturated rings. The Morgan fingerprint density at radius 1 is 1.37 bits per heavy atom. The lowest BCUT2D eigenvalue weighted by Crippen LogP contribution is -1.91. The number of carboxylic acid groups (broad SMARTS) is 1. The van der Waals surface area contributed by atoms with Crippen molar-refractivity contribution < 1.29 is 19.6 Å².